The molecular weight excluding hydrogens is 436 g/mol. The summed E-state index contributed by atoms with van der Waals surface area (Å²) in [5, 5.41) is 0. The lowest BCUT2D eigenvalue weighted by molar-refractivity contribution is -0.473. The van der Waals surface area contributed by atoms with Crippen molar-refractivity contribution in [2.24, 2.45) is 0 Å². The first-order valence-corrected chi connectivity index (χ1v) is 5.32. The molecule has 0 unspecified atom stereocenters. The predicted molar refractivity (Wildman–Crippen MR) is 50.1 cm³/mol. The minimum atomic E-state index is -7.03. The highest BCUT2D eigenvalue weighted by Gasteiger charge is 2.77. The summed E-state index contributed by atoms with van der Waals surface area (Å²) >= 11 is 0.886. The van der Waals surface area contributed by atoms with Crippen molar-refractivity contribution < 1.29 is 53.0 Å². The molecule has 13 heteroatoms. The van der Waals surface area contributed by atoms with Gasteiger partial charge in [-0.25, -0.2) is 0 Å². The highest BCUT2D eigenvalue weighted by molar-refractivity contribution is 14.1. The molecule has 0 saturated carbocycles. The van der Waals surface area contributed by atoms with Gasteiger partial charge < -0.3 is 0 Å². The van der Waals surface area contributed by atoms with Gasteiger partial charge in [0.1, 0.15) is 0 Å². The van der Waals surface area contributed by atoms with E-state index >= 15 is 0 Å². The monoisotopic (exact) mass is 438 g/mol. The first kappa shape index (κ1) is 19.7. The van der Waals surface area contributed by atoms with Crippen molar-refractivity contribution in [1.82, 2.24) is 0 Å². The molecule has 0 fully saturated rings. The van der Waals surface area contributed by atoms with E-state index in [-0.39, 0.29) is 4.08 Å². The average Bonchev–Trinajstić information content (AvgIpc) is 2.12. The molecule has 20 heavy (non-hydrogen) atoms. The molecule has 0 saturated heterocycles. The molecule has 0 radical (unpaired) electrons. The highest BCUT2D eigenvalue weighted by Crippen LogP contribution is 2.51. The van der Waals surface area contributed by atoms with Gasteiger partial charge in [-0.3, -0.25) is 4.74 Å². The van der Waals surface area contributed by atoms with Crippen LogP contribution in [0.3, 0.4) is 0 Å². The first-order valence-electron chi connectivity index (χ1n) is 4.08. The van der Waals surface area contributed by atoms with Gasteiger partial charge in [-0.2, -0.15) is 48.3 Å². The van der Waals surface area contributed by atoms with Crippen LogP contribution in [0.2, 0.25) is 0 Å². The number of halogens is 12. The molecule has 0 spiro atoms. The maximum absolute atomic E-state index is 13.1. The van der Waals surface area contributed by atoms with E-state index in [1.807, 2.05) is 0 Å². The van der Waals surface area contributed by atoms with Crippen LogP contribution >= 0.6 is 22.6 Å². The molecule has 0 aromatic heterocycles. The maximum Gasteiger partial charge on any atom is 0.462 e. The Morgan fingerprint density at radius 2 is 1.10 bits per heavy atom. The Hall–Kier alpha value is -0.340. The third-order valence-corrected chi connectivity index (χ3v) is 2.02. The number of rotatable bonds is 4. The van der Waals surface area contributed by atoms with Crippen molar-refractivity contribution in [3.8, 4) is 0 Å². The van der Waals surface area contributed by atoms with Crippen molar-refractivity contribution in [3.05, 3.63) is 10.2 Å². The molecule has 0 rings (SSSR count). The molecule has 0 heterocycles. The number of alkyl halides is 11. The summed E-state index contributed by atoms with van der Waals surface area (Å²) in [6.07, 6.45) is -20.8. The van der Waals surface area contributed by atoms with E-state index in [9.17, 15) is 48.3 Å². The average molecular weight is 438 g/mol. The largest absolute Gasteiger partial charge is 0.462 e. The second-order valence-corrected chi connectivity index (χ2v) is 3.85. The standard InChI is InChI=1S/C7H2F11IO/c8-3(1-2-19,5(11,12)13)20-7(17,18)4(9,10)6(14,15)16/h1-2H/b2-1-/t3-/m0/s1. The molecule has 1 atom stereocenters. The van der Waals surface area contributed by atoms with E-state index < -0.39 is 36.3 Å². The summed E-state index contributed by atoms with van der Waals surface area (Å²) in [4.78, 5) is 0. The Labute approximate surface area is 116 Å². The molecule has 0 aliphatic carbocycles. The van der Waals surface area contributed by atoms with Crippen LogP contribution in [0.15, 0.2) is 10.2 Å². The van der Waals surface area contributed by atoms with Gasteiger partial charge in [0.15, 0.2) is 0 Å². The number of ether oxygens (including phenoxy) is 1. The van der Waals surface area contributed by atoms with E-state index in [0.29, 0.717) is 0 Å². The summed E-state index contributed by atoms with van der Waals surface area (Å²) < 4.78 is 136. The van der Waals surface area contributed by atoms with Crippen LogP contribution in [0.1, 0.15) is 0 Å². The number of hydrogen-bond acceptors (Lipinski definition) is 1. The molecule has 0 aromatic rings. The topological polar surface area (TPSA) is 9.23 Å². The van der Waals surface area contributed by atoms with Crippen molar-refractivity contribution in [2.75, 3.05) is 0 Å². The normalized spacial score (nSPS) is 18.4. The molecule has 1 nitrogen and oxygen atoms in total. The lowest BCUT2D eigenvalue weighted by Crippen LogP contribution is -2.58. The fourth-order valence-electron chi connectivity index (χ4n) is 0.683. The smallest absolute Gasteiger partial charge is 0.266 e. The van der Waals surface area contributed by atoms with Crippen LogP contribution in [0.5, 0.6) is 0 Å². The van der Waals surface area contributed by atoms with Gasteiger partial charge in [-0.1, -0.05) is 22.6 Å². The Morgan fingerprint density at radius 1 is 0.700 bits per heavy atom. The quantitative estimate of drug-likeness (QED) is 0.445. The molecule has 0 aliphatic rings. The van der Waals surface area contributed by atoms with Gasteiger partial charge in [0.25, 0.3) is 0 Å². The molecule has 120 valence electrons. The zero-order chi connectivity index (χ0) is 16.6. The third kappa shape index (κ3) is 3.65. The van der Waals surface area contributed by atoms with E-state index in [0.717, 1.165) is 22.6 Å². The Balaban J connectivity index is 5.66. The van der Waals surface area contributed by atoms with Crippen LogP contribution in [-0.2, 0) is 4.74 Å². The van der Waals surface area contributed by atoms with Crippen LogP contribution in [0.4, 0.5) is 48.3 Å². The summed E-state index contributed by atoms with van der Waals surface area (Å²) in [6.45, 7) is 0. The maximum atomic E-state index is 13.1. The predicted octanol–water partition coefficient (Wildman–Crippen LogP) is 4.97. The van der Waals surface area contributed by atoms with Gasteiger partial charge in [0.2, 0.25) is 0 Å². The van der Waals surface area contributed by atoms with E-state index in [1.165, 1.54) is 0 Å². The number of hydrogen-bond donors (Lipinski definition) is 0. The molecule has 0 aliphatic heterocycles. The zero-order valence-corrected chi connectivity index (χ0v) is 10.8. The van der Waals surface area contributed by atoms with Crippen LogP contribution in [0, 0.1) is 0 Å². The highest BCUT2D eigenvalue weighted by atomic mass is 127. The third-order valence-electron chi connectivity index (χ3n) is 1.66. The van der Waals surface area contributed by atoms with Gasteiger partial charge in [-0.15, -0.1) is 0 Å². The molecular formula is C7H2F11IO. The van der Waals surface area contributed by atoms with Crippen molar-refractivity contribution in [1.29, 1.82) is 0 Å². The summed E-state index contributed by atoms with van der Waals surface area (Å²) in [5.41, 5.74) is 0. The van der Waals surface area contributed by atoms with Gasteiger partial charge in [-0.05, 0) is 10.2 Å². The zero-order valence-electron chi connectivity index (χ0n) is 8.60. The van der Waals surface area contributed by atoms with E-state index in [4.69, 9.17) is 0 Å². The molecule has 0 amide bonds. The lowest BCUT2D eigenvalue weighted by atomic mass is 10.2. The van der Waals surface area contributed by atoms with Crippen molar-refractivity contribution >= 4 is 22.6 Å². The fourth-order valence-corrected chi connectivity index (χ4v) is 1.15. The molecule has 0 N–H and O–H groups in total. The summed E-state index contributed by atoms with van der Waals surface area (Å²) in [6, 6.07) is 0. The second-order valence-electron chi connectivity index (χ2n) is 3.13. The van der Waals surface area contributed by atoms with E-state index in [1.54, 1.807) is 0 Å². The van der Waals surface area contributed by atoms with Crippen LogP contribution < -0.4 is 0 Å². The van der Waals surface area contributed by atoms with Gasteiger partial charge >= 0.3 is 30.2 Å². The van der Waals surface area contributed by atoms with Gasteiger partial charge in [0, 0.05) is 0 Å². The minimum Gasteiger partial charge on any atom is -0.266 e. The van der Waals surface area contributed by atoms with Crippen LogP contribution in [0.25, 0.3) is 0 Å². The van der Waals surface area contributed by atoms with Gasteiger partial charge in [0.05, 0.1) is 0 Å². The first-order chi connectivity index (χ1) is 8.52. The van der Waals surface area contributed by atoms with Crippen LogP contribution in [-0.4, -0.2) is 30.2 Å². The lowest BCUT2D eigenvalue weighted by Gasteiger charge is -2.33. The Morgan fingerprint density at radius 3 is 1.35 bits per heavy atom. The van der Waals surface area contributed by atoms with E-state index in [2.05, 4.69) is 4.74 Å². The Kier molecular flexibility index (Phi) is 5.36. The summed E-state index contributed by atoms with van der Waals surface area (Å²) in [5.74, 6) is -12.5. The SMILES string of the molecule is FC(F)(F)C(F)(F)C(F)(F)O[C@@](F)(/C=C\I)C(F)(F)F. The second kappa shape index (κ2) is 5.46. The fraction of sp³-hybridized carbons (Fsp3) is 0.714. The van der Waals surface area contributed by atoms with Crippen molar-refractivity contribution in [3.63, 3.8) is 0 Å². The molecule has 0 bridgehead atoms. The Bertz CT molecular complexity index is 370. The minimum absolute atomic E-state index is 0.118. The van der Waals surface area contributed by atoms with Crippen molar-refractivity contribution in [2.45, 2.75) is 30.2 Å². The summed E-state index contributed by atoms with van der Waals surface area (Å²) in [7, 11) is 0. The molecule has 0 aromatic carbocycles.